The summed E-state index contributed by atoms with van der Waals surface area (Å²) in [7, 11) is 3.43. The number of carbonyl (C=O) groups excluding carboxylic acids is 1. The molecule has 4 heteroatoms. The Kier molecular flexibility index (Phi) is 7.34. The molecule has 0 bridgehead atoms. The van der Waals surface area contributed by atoms with Gasteiger partial charge in [-0.3, -0.25) is 4.79 Å². The Hall–Kier alpha value is -0.610. The van der Waals surface area contributed by atoms with Crippen LogP contribution in [0.4, 0.5) is 0 Å². The molecule has 2 unspecified atom stereocenters. The third-order valence-corrected chi connectivity index (χ3v) is 2.87. The molecule has 1 amide bonds. The molecule has 0 aliphatic rings. The van der Waals surface area contributed by atoms with Crippen LogP contribution in [0, 0.1) is 11.8 Å². The molecule has 0 radical (unpaired) electrons. The molecule has 0 spiro atoms. The Morgan fingerprint density at radius 2 is 1.94 bits per heavy atom. The van der Waals surface area contributed by atoms with Crippen molar-refractivity contribution in [1.29, 1.82) is 0 Å². The van der Waals surface area contributed by atoms with Crippen molar-refractivity contribution in [2.75, 3.05) is 27.3 Å². The fourth-order valence-corrected chi connectivity index (χ4v) is 1.48. The van der Waals surface area contributed by atoms with E-state index >= 15 is 0 Å². The van der Waals surface area contributed by atoms with E-state index in [1.165, 1.54) is 0 Å². The van der Waals surface area contributed by atoms with Crippen molar-refractivity contribution < 1.29 is 9.53 Å². The highest BCUT2D eigenvalue weighted by molar-refractivity contribution is 5.78. The maximum Gasteiger partial charge on any atom is 0.227 e. The van der Waals surface area contributed by atoms with Gasteiger partial charge in [0.2, 0.25) is 5.91 Å². The Bertz CT molecular complexity index is 207. The molecule has 0 aromatic heterocycles. The highest BCUT2D eigenvalue weighted by Gasteiger charge is 2.18. The maximum atomic E-state index is 11.8. The molecule has 2 atom stereocenters. The van der Waals surface area contributed by atoms with Crippen LogP contribution in [0.3, 0.4) is 0 Å². The van der Waals surface area contributed by atoms with Crippen molar-refractivity contribution in [2.24, 2.45) is 17.6 Å². The average Bonchev–Trinajstić information content (AvgIpc) is 2.24. The van der Waals surface area contributed by atoms with Gasteiger partial charge in [-0.1, -0.05) is 20.8 Å². The zero-order valence-corrected chi connectivity index (χ0v) is 11.2. The fraction of sp³-hybridized carbons (Fsp3) is 0.917. The highest BCUT2D eigenvalue weighted by atomic mass is 16.5. The first kappa shape index (κ1) is 15.4. The number of carbonyl (C=O) groups is 1. The number of hydrogen-bond donors (Lipinski definition) is 1. The van der Waals surface area contributed by atoms with Gasteiger partial charge in [-0.25, -0.2) is 0 Å². The Morgan fingerprint density at radius 3 is 2.38 bits per heavy atom. The second-order valence-electron chi connectivity index (χ2n) is 4.81. The predicted molar refractivity (Wildman–Crippen MR) is 66.1 cm³/mol. The van der Waals surface area contributed by atoms with E-state index < -0.39 is 0 Å². The largest absolute Gasteiger partial charge is 0.384 e. The van der Waals surface area contributed by atoms with E-state index in [0.29, 0.717) is 19.1 Å². The van der Waals surface area contributed by atoms with Crippen LogP contribution in [-0.2, 0) is 9.53 Å². The zero-order valence-electron chi connectivity index (χ0n) is 11.2. The highest BCUT2D eigenvalue weighted by Crippen LogP contribution is 2.06. The van der Waals surface area contributed by atoms with E-state index in [-0.39, 0.29) is 17.9 Å². The van der Waals surface area contributed by atoms with Crippen LogP contribution in [0.15, 0.2) is 0 Å². The van der Waals surface area contributed by atoms with Crippen molar-refractivity contribution >= 4 is 5.91 Å². The first-order valence-corrected chi connectivity index (χ1v) is 5.89. The standard InChI is InChI=1S/C12H26N2O2/c1-9(2)11(13)6-7-14(4)12(15)10(3)8-16-5/h9-11H,6-8,13H2,1-5H3. The van der Waals surface area contributed by atoms with E-state index in [1.807, 2.05) is 14.0 Å². The van der Waals surface area contributed by atoms with Crippen LogP contribution in [0.1, 0.15) is 27.2 Å². The van der Waals surface area contributed by atoms with Crippen LogP contribution in [-0.4, -0.2) is 44.2 Å². The molecule has 0 aliphatic heterocycles. The molecule has 96 valence electrons. The SMILES string of the molecule is COCC(C)C(=O)N(C)CCC(N)C(C)C. The van der Waals surface area contributed by atoms with Crippen LogP contribution < -0.4 is 5.73 Å². The van der Waals surface area contributed by atoms with Gasteiger partial charge in [-0.15, -0.1) is 0 Å². The number of amides is 1. The Morgan fingerprint density at radius 1 is 1.38 bits per heavy atom. The fourth-order valence-electron chi connectivity index (χ4n) is 1.48. The summed E-state index contributed by atoms with van der Waals surface area (Å²) in [5.74, 6) is 0.503. The van der Waals surface area contributed by atoms with E-state index in [4.69, 9.17) is 10.5 Å². The van der Waals surface area contributed by atoms with Crippen molar-refractivity contribution in [3.63, 3.8) is 0 Å². The molecule has 4 nitrogen and oxygen atoms in total. The molecule has 0 aliphatic carbocycles. The zero-order chi connectivity index (χ0) is 12.7. The minimum Gasteiger partial charge on any atom is -0.384 e. The van der Waals surface area contributed by atoms with Gasteiger partial charge in [0.15, 0.2) is 0 Å². The van der Waals surface area contributed by atoms with Gasteiger partial charge in [0.25, 0.3) is 0 Å². The normalized spacial score (nSPS) is 14.9. The summed E-state index contributed by atoms with van der Waals surface area (Å²) in [6.07, 6.45) is 0.847. The number of methoxy groups -OCH3 is 1. The summed E-state index contributed by atoms with van der Waals surface area (Å²) >= 11 is 0. The minimum atomic E-state index is -0.0784. The lowest BCUT2D eigenvalue weighted by Gasteiger charge is -2.23. The van der Waals surface area contributed by atoms with Crippen LogP contribution in [0.2, 0.25) is 0 Å². The molecule has 16 heavy (non-hydrogen) atoms. The van der Waals surface area contributed by atoms with Crippen LogP contribution >= 0.6 is 0 Å². The summed E-state index contributed by atoms with van der Waals surface area (Å²) in [6.45, 7) is 7.26. The molecular formula is C12H26N2O2. The van der Waals surface area contributed by atoms with Gasteiger partial charge in [0.1, 0.15) is 0 Å². The topological polar surface area (TPSA) is 55.6 Å². The van der Waals surface area contributed by atoms with Gasteiger partial charge in [0.05, 0.1) is 12.5 Å². The Balaban J connectivity index is 3.96. The van der Waals surface area contributed by atoms with E-state index in [1.54, 1.807) is 12.0 Å². The van der Waals surface area contributed by atoms with Crippen molar-refractivity contribution in [3.05, 3.63) is 0 Å². The van der Waals surface area contributed by atoms with Crippen LogP contribution in [0.25, 0.3) is 0 Å². The monoisotopic (exact) mass is 230 g/mol. The van der Waals surface area contributed by atoms with Crippen molar-refractivity contribution in [3.8, 4) is 0 Å². The van der Waals surface area contributed by atoms with Crippen molar-refractivity contribution in [2.45, 2.75) is 33.2 Å². The first-order chi connectivity index (χ1) is 7.40. The third kappa shape index (κ3) is 5.47. The predicted octanol–water partition coefficient (Wildman–Crippen LogP) is 1.10. The quantitative estimate of drug-likeness (QED) is 0.712. The molecule has 0 aromatic rings. The molecule has 0 saturated carbocycles. The molecule has 0 rings (SSSR count). The molecular weight excluding hydrogens is 204 g/mol. The molecule has 0 aromatic carbocycles. The summed E-state index contributed by atoms with van der Waals surface area (Å²) in [5.41, 5.74) is 5.94. The maximum absolute atomic E-state index is 11.8. The van der Waals surface area contributed by atoms with E-state index in [0.717, 1.165) is 6.42 Å². The lowest BCUT2D eigenvalue weighted by atomic mass is 10.0. The first-order valence-electron chi connectivity index (χ1n) is 5.89. The number of rotatable bonds is 7. The molecule has 0 fully saturated rings. The second kappa shape index (κ2) is 7.63. The smallest absolute Gasteiger partial charge is 0.227 e. The van der Waals surface area contributed by atoms with E-state index in [2.05, 4.69) is 13.8 Å². The lowest BCUT2D eigenvalue weighted by molar-refractivity contribution is -0.135. The van der Waals surface area contributed by atoms with Gasteiger partial charge in [-0.2, -0.15) is 0 Å². The van der Waals surface area contributed by atoms with Crippen LogP contribution in [0.5, 0.6) is 0 Å². The molecule has 2 N–H and O–H groups in total. The summed E-state index contributed by atoms with van der Waals surface area (Å²) in [4.78, 5) is 13.6. The number of nitrogens with zero attached hydrogens (tertiary/aromatic N) is 1. The minimum absolute atomic E-state index is 0.0784. The number of nitrogens with two attached hydrogens (primary N) is 1. The van der Waals surface area contributed by atoms with Gasteiger partial charge < -0.3 is 15.4 Å². The third-order valence-electron chi connectivity index (χ3n) is 2.87. The number of ether oxygens (including phenoxy) is 1. The van der Waals surface area contributed by atoms with Gasteiger partial charge in [-0.05, 0) is 12.3 Å². The Labute approximate surface area is 99.1 Å². The number of hydrogen-bond acceptors (Lipinski definition) is 3. The van der Waals surface area contributed by atoms with Gasteiger partial charge in [0, 0.05) is 26.7 Å². The second-order valence-corrected chi connectivity index (χ2v) is 4.81. The molecule has 0 heterocycles. The lowest BCUT2D eigenvalue weighted by Crippen LogP contribution is -2.37. The van der Waals surface area contributed by atoms with Crippen molar-refractivity contribution in [1.82, 2.24) is 4.90 Å². The van der Waals surface area contributed by atoms with Gasteiger partial charge >= 0.3 is 0 Å². The summed E-state index contributed by atoms with van der Waals surface area (Å²) in [6, 6.07) is 0.160. The molecule has 0 saturated heterocycles. The summed E-state index contributed by atoms with van der Waals surface area (Å²) < 4.78 is 4.97. The average molecular weight is 230 g/mol. The van der Waals surface area contributed by atoms with E-state index in [9.17, 15) is 4.79 Å². The summed E-state index contributed by atoms with van der Waals surface area (Å²) in [5, 5.41) is 0.